The SMILES string of the molecule is COCc1nsc(N2CCN(Cc3ccc(F)cc3)CC2)n1. The van der Waals surface area contributed by atoms with Gasteiger partial charge in [-0.1, -0.05) is 12.1 Å². The van der Waals surface area contributed by atoms with E-state index in [-0.39, 0.29) is 5.82 Å². The molecule has 0 N–H and O–H groups in total. The number of aromatic nitrogens is 2. The summed E-state index contributed by atoms with van der Waals surface area (Å²) < 4.78 is 22.3. The maximum absolute atomic E-state index is 12.9. The highest BCUT2D eigenvalue weighted by molar-refractivity contribution is 7.09. The Bertz CT molecular complexity index is 596. The highest BCUT2D eigenvalue weighted by atomic mass is 32.1. The molecule has 1 saturated heterocycles. The van der Waals surface area contributed by atoms with Gasteiger partial charge < -0.3 is 9.64 Å². The van der Waals surface area contributed by atoms with Gasteiger partial charge in [-0.15, -0.1) is 0 Å². The van der Waals surface area contributed by atoms with Crippen LogP contribution < -0.4 is 4.90 Å². The molecule has 0 unspecified atom stereocenters. The lowest BCUT2D eigenvalue weighted by Gasteiger charge is -2.34. The second-order valence-electron chi connectivity index (χ2n) is 5.32. The summed E-state index contributed by atoms with van der Waals surface area (Å²) in [5.41, 5.74) is 1.15. The topological polar surface area (TPSA) is 41.5 Å². The highest BCUT2D eigenvalue weighted by Gasteiger charge is 2.20. The second kappa shape index (κ2) is 7.13. The molecule has 2 heterocycles. The number of piperazine rings is 1. The molecule has 7 heteroatoms. The van der Waals surface area contributed by atoms with Crippen LogP contribution >= 0.6 is 11.5 Å². The van der Waals surface area contributed by atoms with Gasteiger partial charge in [0.05, 0.1) is 0 Å². The first-order chi connectivity index (χ1) is 10.7. The van der Waals surface area contributed by atoms with Crippen LogP contribution in [0.3, 0.4) is 0 Å². The fourth-order valence-electron chi connectivity index (χ4n) is 2.51. The maximum Gasteiger partial charge on any atom is 0.205 e. The molecule has 0 saturated carbocycles. The van der Waals surface area contributed by atoms with E-state index in [1.54, 1.807) is 7.11 Å². The molecule has 1 aliphatic rings. The quantitative estimate of drug-likeness (QED) is 0.844. The van der Waals surface area contributed by atoms with E-state index in [2.05, 4.69) is 19.2 Å². The van der Waals surface area contributed by atoms with Crippen LogP contribution in [0.4, 0.5) is 9.52 Å². The van der Waals surface area contributed by atoms with Gasteiger partial charge in [0.25, 0.3) is 0 Å². The van der Waals surface area contributed by atoms with Crippen molar-refractivity contribution >= 4 is 16.7 Å². The summed E-state index contributed by atoms with van der Waals surface area (Å²) in [4.78, 5) is 9.13. The predicted molar refractivity (Wildman–Crippen MR) is 84.5 cm³/mol. The van der Waals surface area contributed by atoms with Crippen LogP contribution in [0.2, 0.25) is 0 Å². The Morgan fingerprint density at radius 1 is 1.18 bits per heavy atom. The van der Waals surface area contributed by atoms with Crippen LogP contribution in [0.5, 0.6) is 0 Å². The van der Waals surface area contributed by atoms with Gasteiger partial charge in [-0.25, -0.2) is 9.37 Å². The summed E-state index contributed by atoms with van der Waals surface area (Å²) in [6.45, 7) is 5.12. The minimum absolute atomic E-state index is 0.184. The van der Waals surface area contributed by atoms with Gasteiger partial charge in [0.2, 0.25) is 5.13 Å². The standard InChI is InChI=1S/C15H19FN4OS/c1-21-11-14-17-15(22-18-14)20-8-6-19(7-9-20)10-12-2-4-13(16)5-3-12/h2-5H,6-11H2,1H3. The first-order valence-electron chi connectivity index (χ1n) is 7.28. The predicted octanol–water partition coefficient (Wildman–Crippen LogP) is 2.15. The minimum atomic E-state index is -0.184. The minimum Gasteiger partial charge on any atom is -0.377 e. The Kier molecular flexibility index (Phi) is 4.97. The van der Waals surface area contributed by atoms with Crippen molar-refractivity contribution in [3.8, 4) is 0 Å². The normalized spacial score (nSPS) is 16.2. The molecular formula is C15H19FN4OS. The Morgan fingerprint density at radius 2 is 1.91 bits per heavy atom. The van der Waals surface area contributed by atoms with Gasteiger partial charge in [0.15, 0.2) is 5.82 Å². The van der Waals surface area contributed by atoms with Gasteiger partial charge in [-0.05, 0) is 17.7 Å². The molecule has 1 fully saturated rings. The summed E-state index contributed by atoms with van der Waals surface area (Å²) in [6, 6.07) is 6.74. The van der Waals surface area contributed by atoms with Crippen molar-refractivity contribution in [2.75, 3.05) is 38.2 Å². The molecule has 118 valence electrons. The Hall–Kier alpha value is -1.57. The highest BCUT2D eigenvalue weighted by Crippen LogP contribution is 2.20. The smallest absolute Gasteiger partial charge is 0.205 e. The molecule has 0 spiro atoms. The number of benzene rings is 1. The lowest BCUT2D eigenvalue weighted by Crippen LogP contribution is -2.45. The number of anilines is 1. The number of methoxy groups -OCH3 is 1. The van der Waals surface area contributed by atoms with Gasteiger partial charge in [-0.2, -0.15) is 4.37 Å². The van der Waals surface area contributed by atoms with Crippen LogP contribution in [0.15, 0.2) is 24.3 Å². The molecule has 0 aliphatic carbocycles. The zero-order chi connectivity index (χ0) is 15.4. The third-order valence-corrected chi connectivity index (χ3v) is 4.51. The third-order valence-electron chi connectivity index (χ3n) is 3.69. The Morgan fingerprint density at radius 3 is 2.59 bits per heavy atom. The van der Waals surface area contributed by atoms with Gasteiger partial charge >= 0.3 is 0 Å². The molecule has 1 aromatic carbocycles. The molecule has 22 heavy (non-hydrogen) atoms. The van der Waals surface area contributed by atoms with Crippen LogP contribution in [-0.2, 0) is 17.9 Å². The Balaban J connectivity index is 1.52. The number of rotatable bonds is 5. The molecule has 5 nitrogen and oxygen atoms in total. The molecule has 3 rings (SSSR count). The van der Waals surface area contributed by atoms with Crippen molar-refractivity contribution < 1.29 is 9.13 Å². The van der Waals surface area contributed by atoms with E-state index in [4.69, 9.17) is 4.74 Å². The average molecular weight is 322 g/mol. The Labute approximate surface area is 133 Å². The maximum atomic E-state index is 12.9. The zero-order valence-corrected chi connectivity index (χ0v) is 13.4. The van der Waals surface area contributed by atoms with Crippen molar-refractivity contribution in [1.29, 1.82) is 0 Å². The van der Waals surface area contributed by atoms with Crippen molar-refractivity contribution in [3.05, 3.63) is 41.5 Å². The number of ether oxygens (including phenoxy) is 1. The third kappa shape index (κ3) is 3.79. The van der Waals surface area contributed by atoms with Crippen molar-refractivity contribution in [1.82, 2.24) is 14.3 Å². The molecule has 0 radical (unpaired) electrons. The summed E-state index contributed by atoms with van der Waals surface area (Å²) >= 11 is 1.43. The molecule has 0 bridgehead atoms. The van der Waals surface area contributed by atoms with E-state index >= 15 is 0 Å². The molecule has 1 aliphatic heterocycles. The first-order valence-corrected chi connectivity index (χ1v) is 8.05. The van der Waals surface area contributed by atoms with Gasteiger partial charge in [-0.3, -0.25) is 4.90 Å². The zero-order valence-electron chi connectivity index (χ0n) is 12.5. The number of nitrogens with zero attached hydrogens (tertiary/aromatic N) is 4. The molecule has 2 aromatic rings. The van der Waals surface area contributed by atoms with Crippen LogP contribution in [0.25, 0.3) is 0 Å². The number of hydrogen-bond acceptors (Lipinski definition) is 6. The van der Waals surface area contributed by atoms with Crippen molar-refractivity contribution in [2.24, 2.45) is 0 Å². The van der Waals surface area contributed by atoms with E-state index in [0.717, 1.165) is 49.2 Å². The molecular weight excluding hydrogens is 303 g/mol. The number of halogens is 1. The van der Waals surface area contributed by atoms with Crippen molar-refractivity contribution in [2.45, 2.75) is 13.2 Å². The second-order valence-corrected chi connectivity index (χ2v) is 6.05. The van der Waals surface area contributed by atoms with Crippen LogP contribution in [-0.4, -0.2) is 47.5 Å². The number of hydrogen-bond donors (Lipinski definition) is 0. The van der Waals surface area contributed by atoms with Crippen molar-refractivity contribution in [3.63, 3.8) is 0 Å². The van der Waals surface area contributed by atoms with Crippen LogP contribution in [0, 0.1) is 5.82 Å². The molecule has 0 amide bonds. The summed E-state index contributed by atoms with van der Waals surface area (Å²) in [5.74, 6) is 0.563. The summed E-state index contributed by atoms with van der Waals surface area (Å²) in [6.07, 6.45) is 0. The van der Waals surface area contributed by atoms with E-state index in [1.165, 1.54) is 23.7 Å². The van der Waals surface area contributed by atoms with Crippen LogP contribution in [0.1, 0.15) is 11.4 Å². The van der Waals surface area contributed by atoms with E-state index in [9.17, 15) is 4.39 Å². The van der Waals surface area contributed by atoms with E-state index < -0.39 is 0 Å². The van der Waals surface area contributed by atoms with Gasteiger partial charge in [0.1, 0.15) is 12.4 Å². The lowest BCUT2D eigenvalue weighted by molar-refractivity contribution is 0.179. The van der Waals surface area contributed by atoms with Gasteiger partial charge in [0, 0.05) is 51.4 Å². The average Bonchev–Trinajstić information content (AvgIpc) is 2.99. The summed E-state index contributed by atoms with van der Waals surface area (Å²) in [5, 5.41) is 0.966. The first kappa shape index (κ1) is 15.3. The summed E-state index contributed by atoms with van der Waals surface area (Å²) in [7, 11) is 1.65. The fraction of sp³-hybridized carbons (Fsp3) is 0.467. The largest absolute Gasteiger partial charge is 0.377 e. The van der Waals surface area contributed by atoms with E-state index in [1.807, 2.05) is 12.1 Å². The monoisotopic (exact) mass is 322 g/mol. The fourth-order valence-corrected chi connectivity index (χ4v) is 3.23. The molecule has 1 aromatic heterocycles. The molecule has 0 atom stereocenters. The lowest BCUT2D eigenvalue weighted by atomic mass is 10.2. The van der Waals surface area contributed by atoms with E-state index in [0.29, 0.717) is 6.61 Å².